The quantitative estimate of drug-likeness (QED) is 0.264. The van der Waals surface area contributed by atoms with Gasteiger partial charge in [-0.25, -0.2) is 17.6 Å². The van der Waals surface area contributed by atoms with Crippen molar-refractivity contribution in [1.29, 1.82) is 0 Å². The summed E-state index contributed by atoms with van der Waals surface area (Å²) in [7, 11) is -3.81. The summed E-state index contributed by atoms with van der Waals surface area (Å²) in [5, 5.41) is 11.5. The van der Waals surface area contributed by atoms with Crippen LogP contribution in [0.25, 0.3) is 0 Å². The van der Waals surface area contributed by atoms with Crippen LogP contribution in [-0.4, -0.2) is 24.9 Å². The molecule has 0 bridgehead atoms. The van der Waals surface area contributed by atoms with E-state index in [0.29, 0.717) is 19.3 Å². The number of carboxylic acids is 1. The highest BCUT2D eigenvalue weighted by molar-refractivity contribution is 7.92. The fourth-order valence-electron chi connectivity index (χ4n) is 4.02. The second-order valence-electron chi connectivity index (χ2n) is 8.64. The van der Waals surface area contributed by atoms with E-state index in [1.165, 1.54) is 18.2 Å². The largest absolute Gasteiger partial charge is 0.478 e. The first-order chi connectivity index (χ1) is 16.8. The van der Waals surface area contributed by atoms with Crippen molar-refractivity contribution in [2.45, 2.75) is 62.1 Å². The number of aromatic carboxylic acids is 1. The Bertz CT molecular complexity index is 1230. The number of hydrogen-bond acceptors (Lipinski definition) is 4. The SMILES string of the molecule is CCCCCCC(Nc1ccccc1CCc1ccc(C(=O)O)cc1)S(=O)(=O)c1cccc(F)c1. The minimum absolute atomic E-state index is 0.0264. The molecule has 3 aromatic rings. The number of aryl methyl sites for hydroxylation is 2. The van der Waals surface area contributed by atoms with Gasteiger partial charge in [-0.2, -0.15) is 0 Å². The third kappa shape index (κ3) is 7.39. The molecular weight excluding hydrogens is 465 g/mol. The van der Waals surface area contributed by atoms with E-state index in [0.717, 1.165) is 48.6 Å². The number of carbonyl (C=O) groups is 1. The molecule has 7 heteroatoms. The fraction of sp³-hybridized carbons (Fsp3) is 0.321. The lowest BCUT2D eigenvalue weighted by Crippen LogP contribution is -2.30. The minimum Gasteiger partial charge on any atom is -0.478 e. The molecule has 3 rings (SSSR count). The number of anilines is 1. The van der Waals surface area contributed by atoms with Crippen LogP contribution >= 0.6 is 0 Å². The van der Waals surface area contributed by atoms with E-state index in [-0.39, 0.29) is 10.5 Å². The van der Waals surface area contributed by atoms with Crippen LogP contribution in [0.2, 0.25) is 0 Å². The minimum atomic E-state index is -3.81. The average molecular weight is 498 g/mol. The molecule has 0 fully saturated rings. The Morgan fingerprint density at radius 2 is 1.69 bits per heavy atom. The van der Waals surface area contributed by atoms with Gasteiger partial charge in [-0.05, 0) is 66.8 Å². The van der Waals surface area contributed by atoms with Gasteiger partial charge in [0.2, 0.25) is 0 Å². The van der Waals surface area contributed by atoms with Gasteiger partial charge in [0.05, 0.1) is 10.5 Å². The first-order valence-electron chi connectivity index (χ1n) is 12.0. The predicted octanol–water partition coefficient (Wildman–Crippen LogP) is 6.49. The number of benzene rings is 3. The molecule has 1 unspecified atom stereocenters. The van der Waals surface area contributed by atoms with Crippen molar-refractivity contribution in [2.24, 2.45) is 0 Å². The predicted molar refractivity (Wildman–Crippen MR) is 137 cm³/mol. The maximum absolute atomic E-state index is 13.8. The van der Waals surface area contributed by atoms with E-state index < -0.39 is 27.0 Å². The van der Waals surface area contributed by atoms with Gasteiger partial charge >= 0.3 is 5.97 Å². The van der Waals surface area contributed by atoms with Crippen LogP contribution < -0.4 is 5.32 Å². The molecule has 0 heterocycles. The molecule has 0 saturated carbocycles. The standard InChI is InChI=1S/C28H32FNO4S/c1-2-3-4-5-13-27(35(33,34)25-11-8-10-24(29)20-25)30-26-12-7-6-9-22(26)17-14-21-15-18-23(19-16-21)28(31)32/h6-12,15-16,18-20,27,30H,2-5,13-14,17H2,1H3,(H,31,32). The number of rotatable bonds is 13. The number of unbranched alkanes of at least 4 members (excludes halogenated alkanes) is 3. The van der Waals surface area contributed by atoms with Crippen molar-refractivity contribution >= 4 is 21.5 Å². The average Bonchev–Trinajstić information content (AvgIpc) is 2.85. The van der Waals surface area contributed by atoms with Crippen LogP contribution in [0.15, 0.2) is 77.7 Å². The van der Waals surface area contributed by atoms with E-state index in [1.54, 1.807) is 24.3 Å². The first-order valence-corrected chi connectivity index (χ1v) is 13.5. The number of hydrogen-bond donors (Lipinski definition) is 2. The van der Waals surface area contributed by atoms with Crippen molar-refractivity contribution in [3.8, 4) is 0 Å². The highest BCUT2D eigenvalue weighted by atomic mass is 32.2. The number of carboxylic acid groups (broad SMARTS) is 1. The number of nitrogens with one attached hydrogen (secondary N) is 1. The smallest absolute Gasteiger partial charge is 0.335 e. The molecule has 5 nitrogen and oxygen atoms in total. The van der Waals surface area contributed by atoms with Crippen molar-refractivity contribution in [2.75, 3.05) is 5.32 Å². The monoisotopic (exact) mass is 497 g/mol. The van der Waals surface area contributed by atoms with E-state index in [2.05, 4.69) is 12.2 Å². The maximum atomic E-state index is 13.8. The molecular formula is C28H32FNO4S. The second kappa shape index (κ2) is 12.5. The second-order valence-corrected chi connectivity index (χ2v) is 10.8. The highest BCUT2D eigenvalue weighted by Crippen LogP contribution is 2.26. The van der Waals surface area contributed by atoms with Crippen molar-refractivity contribution in [3.05, 3.63) is 95.3 Å². The Balaban J connectivity index is 1.81. The molecule has 0 saturated heterocycles. The van der Waals surface area contributed by atoms with Crippen LogP contribution in [0.5, 0.6) is 0 Å². The van der Waals surface area contributed by atoms with Gasteiger partial charge in [-0.1, -0.05) is 69.0 Å². The van der Waals surface area contributed by atoms with Crippen molar-refractivity contribution in [3.63, 3.8) is 0 Å². The Labute approximate surface area is 206 Å². The summed E-state index contributed by atoms with van der Waals surface area (Å²) in [4.78, 5) is 11.0. The van der Waals surface area contributed by atoms with Gasteiger partial charge < -0.3 is 10.4 Å². The van der Waals surface area contributed by atoms with Crippen LogP contribution in [0.4, 0.5) is 10.1 Å². The lowest BCUT2D eigenvalue weighted by atomic mass is 10.0. The summed E-state index contributed by atoms with van der Waals surface area (Å²) in [6.45, 7) is 2.10. The third-order valence-electron chi connectivity index (χ3n) is 6.04. The lowest BCUT2D eigenvalue weighted by molar-refractivity contribution is 0.0697. The number of halogens is 1. The summed E-state index contributed by atoms with van der Waals surface area (Å²) in [5.74, 6) is -1.54. The van der Waals surface area contributed by atoms with Gasteiger partial charge in [0.25, 0.3) is 0 Å². The van der Waals surface area contributed by atoms with Crippen molar-refractivity contribution in [1.82, 2.24) is 0 Å². The van der Waals surface area contributed by atoms with E-state index in [9.17, 15) is 17.6 Å². The number of sulfone groups is 1. The topological polar surface area (TPSA) is 83.5 Å². The number of para-hydroxylation sites is 1. The molecule has 0 amide bonds. The molecule has 0 aliphatic heterocycles. The summed E-state index contributed by atoms with van der Waals surface area (Å²) in [6.07, 6.45) is 5.51. The highest BCUT2D eigenvalue weighted by Gasteiger charge is 2.28. The molecule has 1 atom stereocenters. The van der Waals surface area contributed by atoms with E-state index >= 15 is 0 Å². The molecule has 0 aromatic heterocycles. The normalized spacial score (nSPS) is 12.3. The summed E-state index contributed by atoms with van der Waals surface area (Å²) < 4.78 is 40.7. The fourth-order valence-corrected chi connectivity index (χ4v) is 5.65. The van der Waals surface area contributed by atoms with Crippen LogP contribution in [0.3, 0.4) is 0 Å². The molecule has 2 N–H and O–H groups in total. The van der Waals surface area contributed by atoms with E-state index in [1.807, 2.05) is 24.3 Å². The molecule has 3 aromatic carbocycles. The molecule has 35 heavy (non-hydrogen) atoms. The molecule has 186 valence electrons. The molecule has 0 spiro atoms. The van der Waals surface area contributed by atoms with Crippen LogP contribution in [0, 0.1) is 5.82 Å². The van der Waals surface area contributed by atoms with Crippen LogP contribution in [-0.2, 0) is 22.7 Å². The van der Waals surface area contributed by atoms with Gasteiger partial charge in [-0.3, -0.25) is 0 Å². The van der Waals surface area contributed by atoms with Gasteiger partial charge in [0, 0.05) is 5.69 Å². The Kier molecular flexibility index (Phi) is 9.43. The lowest BCUT2D eigenvalue weighted by Gasteiger charge is -2.22. The van der Waals surface area contributed by atoms with Gasteiger partial charge in [0.1, 0.15) is 11.2 Å². The summed E-state index contributed by atoms with van der Waals surface area (Å²) in [5.41, 5.74) is 2.93. The maximum Gasteiger partial charge on any atom is 0.335 e. The summed E-state index contributed by atoms with van der Waals surface area (Å²) >= 11 is 0. The van der Waals surface area contributed by atoms with Crippen LogP contribution in [0.1, 0.15) is 60.5 Å². The molecule has 0 radical (unpaired) electrons. The third-order valence-corrected chi connectivity index (χ3v) is 8.05. The zero-order valence-corrected chi connectivity index (χ0v) is 20.7. The molecule has 0 aliphatic carbocycles. The molecule has 0 aliphatic rings. The Morgan fingerprint density at radius 1 is 0.943 bits per heavy atom. The zero-order chi connectivity index (χ0) is 25.3. The van der Waals surface area contributed by atoms with Gasteiger partial charge in [-0.15, -0.1) is 0 Å². The van der Waals surface area contributed by atoms with Crippen molar-refractivity contribution < 1.29 is 22.7 Å². The Hall–Kier alpha value is -3.19. The van der Waals surface area contributed by atoms with Gasteiger partial charge in [0.15, 0.2) is 9.84 Å². The summed E-state index contributed by atoms with van der Waals surface area (Å²) in [6, 6.07) is 19.5. The first kappa shape index (κ1) is 26.4. The zero-order valence-electron chi connectivity index (χ0n) is 19.9. The Morgan fingerprint density at radius 3 is 2.37 bits per heavy atom. The van der Waals surface area contributed by atoms with E-state index in [4.69, 9.17) is 5.11 Å².